The van der Waals surface area contributed by atoms with Gasteiger partial charge in [0.25, 0.3) is 0 Å². The molecular weight excluding hydrogens is 690 g/mol. The number of rotatable bonds is 7. The normalized spacial score (nSPS) is 31.8. The molecule has 1 aromatic heterocycles. The van der Waals surface area contributed by atoms with Crippen LogP contribution in [0.5, 0.6) is 0 Å². The molecule has 0 saturated heterocycles. The molecule has 284 valence electrons. The summed E-state index contributed by atoms with van der Waals surface area (Å²) in [5.41, 5.74) is -6.39. The lowest BCUT2D eigenvalue weighted by atomic mass is 9.72. The number of esters is 5. The van der Waals surface area contributed by atoms with Crippen LogP contribution in [0.15, 0.2) is 79.2 Å². The van der Waals surface area contributed by atoms with Gasteiger partial charge in [-0.15, -0.1) is 0 Å². The summed E-state index contributed by atoms with van der Waals surface area (Å²) in [7, 11) is 0. The number of Topliss-reactive ketones (excluding diaryl/α,β-unsaturated/α-hetero) is 1. The number of hydrogen-bond acceptors (Lipinski definition) is 14. The van der Waals surface area contributed by atoms with Crippen molar-refractivity contribution in [2.45, 2.75) is 96.6 Å². The van der Waals surface area contributed by atoms with Gasteiger partial charge in [0.05, 0.1) is 17.0 Å². The molecule has 0 radical (unpaired) electrons. The molecule has 0 unspecified atom stereocenters. The Morgan fingerprint density at radius 2 is 1.32 bits per heavy atom. The fourth-order valence-electron chi connectivity index (χ4n) is 7.02. The van der Waals surface area contributed by atoms with Crippen LogP contribution in [0, 0.1) is 17.3 Å². The molecule has 2 aromatic rings. The Morgan fingerprint density at radius 3 is 1.89 bits per heavy atom. The Labute approximate surface area is 307 Å². The van der Waals surface area contributed by atoms with Crippen LogP contribution in [0.3, 0.4) is 0 Å². The van der Waals surface area contributed by atoms with Gasteiger partial charge in [0.2, 0.25) is 0 Å². The summed E-state index contributed by atoms with van der Waals surface area (Å²) in [6.07, 6.45) is -3.78. The largest absolute Gasteiger partial charge is 0.459 e. The quantitative estimate of drug-likeness (QED) is 0.238. The molecule has 2 N–H and O–H groups in total. The van der Waals surface area contributed by atoms with Crippen molar-refractivity contribution in [2.75, 3.05) is 0 Å². The van der Waals surface area contributed by atoms with Gasteiger partial charge in [-0.3, -0.25) is 24.2 Å². The lowest BCUT2D eigenvalue weighted by Gasteiger charge is -2.44. The number of carbonyl (C=O) groups excluding carboxylic acids is 6. The first-order valence-electron chi connectivity index (χ1n) is 17.0. The maximum absolute atomic E-state index is 14.4. The minimum atomic E-state index is -2.58. The Kier molecular flexibility index (Phi) is 12.1. The molecule has 2 aliphatic rings. The van der Waals surface area contributed by atoms with Gasteiger partial charge in [0, 0.05) is 56.5 Å². The zero-order valence-corrected chi connectivity index (χ0v) is 30.6. The zero-order valence-electron chi connectivity index (χ0n) is 30.6. The number of ether oxygens (including phenoxy) is 5. The number of fused-ring (bicyclic) bond motifs is 1. The van der Waals surface area contributed by atoms with Gasteiger partial charge < -0.3 is 33.9 Å². The third-order valence-electron chi connectivity index (χ3n) is 9.42. The van der Waals surface area contributed by atoms with Gasteiger partial charge in [0.15, 0.2) is 24.1 Å². The molecule has 0 spiro atoms. The first kappa shape index (κ1) is 40.6. The maximum atomic E-state index is 14.4. The molecular formula is C39H45NO13. The second-order valence-corrected chi connectivity index (χ2v) is 14.3. The van der Waals surface area contributed by atoms with Crippen LogP contribution < -0.4 is 0 Å². The summed E-state index contributed by atoms with van der Waals surface area (Å²) in [5.74, 6) is -8.37. The van der Waals surface area contributed by atoms with Crippen molar-refractivity contribution in [3.05, 3.63) is 90.3 Å². The van der Waals surface area contributed by atoms with E-state index in [0.717, 1.165) is 20.8 Å². The van der Waals surface area contributed by atoms with Gasteiger partial charge in [-0.1, -0.05) is 57.7 Å². The molecule has 4 rings (SSSR count). The van der Waals surface area contributed by atoms with Crippen LogP contribution in [0.25, 0.3) is 0 Å². The topological polar surface area (TPSA) is 202 Å². The van der Waals surface area contributed by atoms with Gasteiger partial charge in [-0.05, 0) is 31.2 Å². The van der Waals surface area contributed by atoms with Crippen molar-refractivity contribution in [1.82, 2.24) is 4.98 Å². The Morgan fingerprint density at radius 1 is 0.774 bits per heavy atom. The lowest BCUT2D eigenvalue weighted by molar-refractivity contribution is -0.184. The number of carbonyl (C=O) groups is 6. The number of ketones is 1. The maximum Gasteiger partial charge on any atom is 0.340 e. The molecule has 1 saturated carbocycles. The molecule has 1 aromatic carbocycles. The minimum Gasteiger partial charge on any atom is -0.459 e. The van der Waals surface area contributed by atoms with Crippen LogP contribution >= 0.6 is 0 Å². The first-order valence-corrected chi connectivity index (χ1v) is 17.0. The van der Waals surface area contributed by atoms with Gasteiger partial charge >= 0.3 is 29.8 Å². The van der Waals surface area contributed by atoms with Crippen LogP contribution in [0.4, 0.5) is 0 Å². The van der Waals surface area contributed by atoms with E-state index in [4.69, 9.17) is 23.7 Å². The lowest BCUT2D eigenvalue weighted by Crippen LogP contribution is -2.58. The predicted molar refractivity (Wildman–Crippen MR) is 186 cm³/mol. The Bertz CT molecular complexity index is 1770. The number of aromatic nitrogens is 1. The summed E-state index contributed by atoms with van der Waals surface area (Å²) in [5, 5.41) is 24.3. The Balaban J connectivity index is 2.10. The van der Waals surface area contributed by atoms with E-state index in [9.17, 15) is 39.0 Å². The molecule has 0 aliphatic heterocycles. The average Bonchev–Trinajstić information content (AvgIpc) is 3.29. The van der Waals surface area contributed by atoms with Crippen molar-refractivity contribution in [1.29, 1.82) is 0 Å². The number of hydrogen-bond donors (Lipinski definition) is 2. The molecule has 0 amide bonds. The van der Waals surface area contributed by atoms with E-state index in [1.807, 2.05) is 0 Å². The highest BCUT2D eigenvalue weighted by molar-refractivity contribution is 5.93. The third kappa shape index (κ3) is 8.88. The van der Waals surface area contributed by atoms with Crippen LogP contribution in [-0.4, -0.2) is 92.5 Å². The highest BCUT2D eigenvalue weighted by atomic mass is 16.6. The molecule has 14 nitrogen and oxygen atoms in total. The first-order chi connectivity index (χ1) is 24.7. The van der Waals surface area contributed by atoms with E-state index in [1.54, 1.807) is 32.0 Å². The van der Waals surface area contributed by atoms with Crippen molar-refractivity contribution < 1.29 is 62.7 Å². The van der Waals surface area contributed by atoms with Gasteiger partial charge in [-0.25, -0.2) is 9.59 Å². The predicted octanol–water partition coefficient (Wildman–Crippen LogP) is 3.49. The van der Waals surface area contributed by atoms with Crippen LogP contribution in [-0.2, 0) is 42.9 Å². The summed E-state index contributed by atoms with van der Waals surface area (Å²) in [6.45, 7) is 13.3. The number of pyridine rings is 1. The molecule has 9 atom stereocenters. The number of benzene rings is 1. The van der Waals surface area contributed by atoms with Crippen molar-refractivity contribution in [3.8, 4) is 0 Å². The third-order valence-corrected chi connectivity index (χ3v) is 9.42. The number of aliphatic hydroxyl groups is 2. The molecule has 0 bridgehead atoms. The molecule has 14 heteroatoms. The van der Waals surface area contributed by atoms with Crippen molar-refractivity contribution in [3.63, 3.8) is 0 Å². The van der Waals surface area contributed by atoms with Crippen LogP contribution in [0.2, 0.25) is 0 Å². The molecule has 53 heavy (non-hydrogen) atoms. The number of allylic oxidation sites excluding steroid dienone is 1. The fourth-order valence-corrected chi connectivity index (χ4v) is 7.02. The minimum absolute atomic E-state index is 0.0192. The average molecular weight is 736 g/mol. The zero-order chi connectivity index (χ0) is 39.5. The van der Waals surface area contributed by atoms with Crippen molar-refractivity contribution >= 4 is 35.6 Å². The van der Waals surface area contributed by atoms with E-state index in [2.05, 4.69) is 11.6 Å². The Hall–Kier alpha value is -5.21. The van der Waals surface area contributed by atoms with E-state index < -0.39 is 101 Å². The summed E-state index contributed by atoms with van der Waals surface area (Å²) in [6, 6.07) is 10.5. The highest BCUT2D eigenvalue weighted by Crippen LogP contribution is 2.51. The van der Waals surface area contributed by atoms with E-state index in [0.29, 0.717) is 0 Å². The monoisotopic (exact) mass is 735 g/mol. The van der Waals surface area contributed by atoms with E-state index in [-0.39, 0.29) is 16.7 Å². The van der Waals surface area contributed by atoms with E-state index in [1.165, 1.54) is 62.7 Å². The van der Waals surface area contributed by atoms with Gasteiger partial charge in [-0.2, -0.15) is 0 Å². The molecule has 1 fully saturated rings. The summed E-state index contributed by atoms with van der Waals surface area (Å²) >= 11 is 0. The summed E-state index contributed by atoms with van der Waals surface area (Å²) < 4.78 is 29.3. The smallest absolute Gasteiger partial charge is 0.340 e. The number of nitrogens with zero attached hydrogens (tertiary/aromatic N) is 1. The standard InChI is InChI=1S/C39H45NO13/c1-21-16-17-37(6,7)34(51-25(5)43)31(49-23(3)41)30(53-36(46)27-15-12-18-40-19-27)22(2)29(52-35(45)26-13-10-9-11-14-26)28-33(50-24(4)42)38(8,47)20-39(28,48)32(21)44/h9-19,21,28-31,33-34,47-48H,2,20H2,1,3-8H3/b17-16+/t21-,28-,29-,30-,31+,33+,34+,38+,39+/m0/s1. The summed E-state index contributed by atoms with van der Waals surface area (Å²) in [4.78, 5) is 84.2. The fraction of sp³-hybridized carbons (Fsp3) is 0.462. The SMILES string of the molecule is C=C1[C@H](OC(=O)c2cccnc2)[C@@H](OC(C)=O)[C@@H](OC(C)=O)C(C)(C)/C=C/[C@H](C)C(=O)[C@@]2(O)C[C@@](C)(O)[C@H](OC(C)=O)[C@@H]2[C@H]1OC(=O)c1ccccc1. The molecule has 1 heterocycles. The second kappa shape index (κ2) is 15.8. The van der Waals surface area contributed by atoms with Crippen LogP contribution in [0.1, 0.15) is 75.6 Å². The molecule has 2 aliphatic carbocycles. The van der Waals surface area contributed by atoms with E-state index >= 15 is 0 Å². The second-order valence-electron chi connectivity index (χ2n) is 14.3. The van der Waals surface area contributed by atoms with Gasteiger partial charge in [0.1, 0.15) is 23.4 Å². The van der Waals surface area contributed by atoms with Crippen molar-refractivity contribution in [2.24, 2.45) is 17.3 Å². The highest BCUT2D eigenvalue weighted by Gasteiger charge is 2.68.